The zero-order chi connectivity index (χ0) is 17.6. The minimum Gasteiger partial charge on any atom is -0.366 e. The Morgan fingerprint density at radius 3 is 2.48 bits per heavy atom. The summed E-state index contributed by atoms with van der Waals surface area (Å²) in [5.74, 6) is 2.33. The van der Waals surface area contributed by atoms with Gasteiger partial charge in [-0.2, -0.15) is 0 Å². The lowest BCUT2D eigenvalue weighted by molar-refractivity contribution is 1.02. The summed E-state index contributed by atoms with van der Waals surface area (Å²) in [4.78, 5) is 13.0. The monoisotopic (exact) mass is 333 g/mol. The van der Waals surface area contributed by atoms with Gasteiger partial charge in [-0.25, -0.2) is 9.97 Å². The molecule has 0 radical (unpaired) electrons. The molecule has 0 saturated heterocycles. The second kappa shape index (κ2) is 7.75. The highest BCUT2D eigenvalue weighted by atomic mass is 15.1. The summed E-state index contributed by atoms with van der Waals surface area (Å²) in [5.41, 5.74) is 4.78. The van der Waals surface area contributed by atoms with Crippen LogP contribution >= 0.6 is 0 Å². The number of anilines is 3. The van der Waals surface area contributed by atoms with Crippen molar-refractivity contribution < 1.29 is 0 Å². The van der Waals surface area contributed by atoms with Gasteiger partial charge < -0.3 is 10.6 Å². The Bertz CT molecular complexity index is 846. The van der Waals surface area contributed by atoms with Crippen molar-refractivity contribution in [3.8, 4) is 0 Å². The van der Waals surface area contributed by atoms with E-state index in [1.54, 1.807) is 12.4 Å². The zero-order valence-corrected chi connectivity index (χ0v) is 14.9. The Hall–Kier alpha value is -2.95. The maximum absolute atomic E-state index is 4.53. The number of aryl methyl sites for hydroxylation is 3. The van der Waals surface area contributed by atoms with E-state index in [2.05, 4.69) is 57.6 Å². The van der Waals surface area contributed by atoms with E-state index >= 15 is 0 Å². The third-order valence-electron chi connectivity index (χ3n) is 4.05. The number of rotatable bonds is 6. The molecule has 0 bridgehead atoms. The van der Waals surface area contributed by atoms with Crippen LogP contribution in [0.3, 0.4) is 0 Å². The predicted octanol–water partition coefficient (Wildman–Crippen LogP) is 4.41. The standard InChI is InChI=1S/C20H23N5/c1-4-17-7-5-6-14(2)20(17)25-19-12-18(23-15(3)24-19)22-13-16-8-10-21-11-9-16/h5-12H,4,13H2,1-3H3,(H2,22,23,24,25). The molecule has 2 N–H and O–H groups in total. The molecular weight excluding hydrogens is 310 g/mol. The summed E-state index contributed by atoms with van der Waals surface area (Å²) < 4.78 is 0. The Morgan fingerprint density at radius 2 is 1.72 bits per heavy atom. The molecular formula is C20H23N5. The van der Waals surface area contributed by atoms with Crippen LogP contribution in [0.4, 0.5) is 17.3 Å². The van der Waals surface area contributed by atoms with Gasteiger partial charge in [-0.15, -0.1) is 0 Å². The molecule has 128 valence electrons. The number of aromatic nitrogens is 3. The van der Waals surface area contributed by atoms with E-state index < -0.39 is 0 Å². The minimum absolute atomic E-state index is 0.697. The highest BCUT2D eigenvalue weighted by Gasteiger charge is 2.07. The van der Waals surface area contributed by atoms with Crippen molar-refractivity contribution in [2.45, 2.75) is 33.7 Å². The smallest absolute Gasteiger partial charge is 0.136 e. The van der Waals surface area contributed by atoms with Crippen LogP contribution in [0.15, 0.2) is 48.8 Å². The Kier molecular flexibility index (Phi) is 5.23. The molecule has 3 rings (SSSR count). The van der Waals surface area contributed by atoms with Crippen molar-refractivity contribution in [3.63, 3.8) is 0 Å². The first-order valence-electron chi connectivity index (χ1n) is 8.49. The van der Waals surface area contributed by atoms with Gasteiger partial charge in [-0.3, -0.25) is 4.98 Å². The molecule has 25 heavy (non-hydrogen) atoms. The molecule has 0 unspecified atom stereocenters. The van der Waals surface area contributed by atoms with E-state index in [0.29, 0.717) is 6.54 Å². The van der Waals surface area contributed by atoms with E-state index in [1.807, 2.05) is 25.1 Å². The topological polar surface area (TPSA) is 62.7 Å². The van der Waals surface area contributed by atoms with Crippen molar-refractivity contribution in [2.24, 2.45) is 0 Å². The van der Waals surface area contributed by atoms with Crippen molar-refractivity contribution in [2.75, 3.05) is 10.6 Å². The van der Waals surface area contributed by atoms with Crippen molar-refractivity contribution in [1.82, 2.24) is 15.0 Å². The van der Waals surface area contributed by atoms with Crippen LogP contribution < -0.4 is 10.6 Å². The Labute approximate surface area is 148 Å². The fraction of sp³-hybridized carbons (Fsp3) is 0.250. The zero-order valence-electron chi connectivity index (χ0n) is 14.9. The van der Waals surface area contributed by atoms with Crippen LogP contribution in [-0.4, -0.2) is 15.0 Å². The molecule has 0 fully saturated rings. The number of pyridine rings is 1. The van der Waals surface area contributed by atoms with Crippen LogP contribution in [0.1, 0.15) is 29.4 Å². The summed E-state index contributed by atoms with van der Waals surface area (Å²) >= 11 is 0. The molecule has 0 aliphatic heterocycles. The number of hydrogen-bond acceptors (Lipinski definition) is 5. The van der Waals surface area contributed by atoms with Crippen LogP contribution in [0.2, 0.25) is 0 Å². The molecule has 3 aromatic rings. The number of benzene rings is 1. The predicted molar refractivity (Wildman–Crippen MR) is 102 cm³/mol. The second-order valence-electron chi connectivity index (χ2n) is 5.98. The quantitative estimate of drug-likeness (QED) is 0.700. The van der Waals surface area contributed by atoms with E-state index in [9.17, 15) is 0 Å². The summed E-state index contributed by atoms with van der Waals surface area (Å²) in [6, 6.07) is 12.3. The Balaban J connectivity index is 1.80. The average molecular weight is 333 g/mol. The highest BCUT2D eigenvalue weighted by molar-refractivity contribution is 5.66. The number of para-hydroxylation sites is 1. The first kappa shape index (κ1) is 16.9. The van der Waals surface area contributed by atoms with Gasteiger partial charge in [0.2, 0.25) is 0 Å². The van der Waals surface area contributed by atoms with Crippen molar-refractivity contribution in [3.05, 3.63) is 71.3 Å². The molecule has 0 atom stereocenters. The van der Waals surface area contributed by atoms with E-state index in [-0.39, 0.29) is 0 Å². The van der Waals surface area contributed by atoms with Gasteiger partial charge in [0.1, 0.15) is 17.5 Å². The van der Waals surface area contributed by atoms with Crippen LogP contribution in [0.5, 0.6) is 0 Å². The van der Waals surface area contributed by atoms with Gasteiger partial charge in [-0.05, 0) is 49.1 Å². The molecule has 2 heterocycles. The largest absolute Gasteiger partial charge is 0.366 e. The van der Waals surface area contributed by atoms with Gasteiger partial charge in [-0.1, -0.05) is 25.1 Å². The Morgan fingerprint density at radius 1 is 0.960 bits per heavy atom. The lowest BCUT2D eigenvalue weighted by atomic mass is 10.1. The fourth-order valence-corrected chi connectivity index (χ4v) is 2.75. The number of nitrogens with one attached hydrogen (secondary N) is 2. The minimum atomic E-state index is 0.697. The first-order chi connectivity index (χ1) is 12.2. The number of nitrogens with zero attached hydrogens (tertiary/aromatic N) is 3. The molecule has 5 nitrogen and oxygen atoms in total. The van der Waals surface area contributed by atoms with E-state index in [0.717, 1.165) is 35.1 Å². The molecule has 5 heteroatoms. The van der Waals surface area contributed by atoms with E-state index in [1.165, 1.54) is 11.1 Å². The molecule has 0 spiro atoms. The van der Waals surface area contributed by atoms with Gasteiger partial charge in [0.15, 0.2) is 0 Å². The molecule has 0 saturated carbocycles. The van der Waals surface area contributed by atoms with Gasteiger partial charge in [0.05, 0.1) is 0 Å². The van der Waals surface area contributed by atoms with Gasteiger partial charge >= 0.3 is 0 Å². The van der Waals surface area contributed by atoms with Crippen LogP contribution in [-0.2, 0) is 13.0 Å². The average Bonchev–Trinajstić information content (AvgIpc) is 2.62. The molecule has 0 amide bonds. The first-order valence-corrected chi connectivity index (χ1v) is 8.49. The SMILES string of the molecule is CCc1cccc(C)c1Nc1cc(NCc2ccncc2)nc(C)n1. The third-order valence-corrected chi connectivity index (χ3v) is 4.05. The lowest BCUT2D eigenvalue weighted by Crippen LogP contribution is -2.06. The second-order valence-corrected chi connectivity index (χ2v) is 5.98. The van der Waals surface area contributed by atoms with Crippen LogP contribution in [0, 0.1) is 13.8 Å². The lowest BCUT2D eigenvalue weighted by Gasteiger charge is -2.15. The van der Waals surface area contributed by atoms with E-state index in [4.69, 9.17) is 0 Å². The third kappa shape index (κ3) is 4.32. The molecule has 0 aliphatic carbocycles. The highest BCUT2D eigenvalue weighted by Crippen LogP contribution is 2.25. The summed E-state index contributed by atoms with van der Waals surface area (Å²) in [6.45, 7) is 6.87. The summed E-state index contributed by atoms with van der Waals surface area (Å²) in [6.07, 6.45) is 4.56. The fourth-order valence-electron chi connectivity index (χ4n) is 2.75. The molecule has 0 aliphatic rings. The summed E-state index contributed by atoms with van der Waals surface area (Å²) in [7, 11) is 0. The van der Waals surface area contributed by atoms with Crippen molar-refractivity contribution in [1.29, 1.82) is 0 Å². The summed E-state index contributed by atoms with van der Waals surface area (Å²) in [5, 5.41) is 6.82. The van der Waals surface area contributed by atoms with Crippen LogP contribution in [0.25, 0.3) is 0 Å². The number of hydrogen-bond donors (Lipinski definition) is 2. The normalized spacial score (nSPS) is 10.5. The molecule has 1 aromatic carbocycles. The van der Waals surface area contributed by atoms with Gasteiger partial charge in [0.25, 0.3) is 0 Å². The maximum atomic E-state index is 4.53. The van der Waals surface area contributed by atoms with Crippen molar-refractivity contribution >= 4 is 17.3 Å². The van der Waals surface area contributed by atoms with Gasteiger partial charge in [0, 0.05) is 30.7 Å². The maximum Gasteiger partial charge on any atom is 0.136 e. The molecule has 2 aromatic heterocycles.